The van der Waals surface area contributed by atoms with Gasteiger partial charge >= 0.3 is 11.9 Å². The Balaban J connectivity index is 1.16. The zero-order valence-corrected chi connectivity index (χ0v) is 31.5. The van der Waals surface area contributed by atoms with Gasteiger partial charge in [-0.15, -0.1) is 0 Å². The summed E-state index contributed by atoms with van der Waals surface area (Å²) in [6.45, 7) is 5.32. The highest BCUT2D eigenvalue weighted by Crippen LogP contribution is 2.35. The van der Waals surface area contributed by atoms with Gasteiger partial charge in [-0.05, 0) is 111 Å². The molecule has 284 valence electrons. The molecule has 0 spiro atoms. The standard InChI is InChI=1S/C39H46ClN3O9S/c1-26-37(33-22-31(50-2)14-15-35(33)42-26)34(39(47)52-38(46)28-10-12-29(40)13-11-28)21-30(44)24-53(48,49)25-36(45)41-16-7-19-51-32-9-6-8-27(20-32)23-43-17-4-3-5-18-43/h6,8-15,20,22,30,34,42,44H,3-5,7,16-19,21,23-25H2,1-2H3,(H,41,45). The Morgan fingerprint density at radius 3 is 2.49 bits per heavy atom. The summed E-state index contributed by atoms with van der Waals surface area (Å²) in [5.74, 6) is -4.30. The fourth-order valence-corrected chi connectivity index (χ4v) is 8.05. The number of rotatable bonds is 17. The molecule has 2 heterocycles. The van der Waals surface area contributed by atoms with Gasteiger partial charge in [-0.2, -0.15) is 0 Å². The second kappa shape index (κ2) is 18.6. The number of halogens is 1. The molecule has 2 atom stereocenters. The second-order valence-electron chi connectivity index (χ2n) is 13.3. The molecule has 14 heteroatoms. The van der Waals surface area contributed by atoms with Crippen molar-refractivity contribution in [2.45, 2.75) is 57.6 Å². The molecule has 1 fully saturated rings. The van der Waals surface area contributed by atoms with Crippen molar-refractivity contribution >= 4 is 50.2 Å². The molecule has 1 aromatic heterocycles. The molecule has 53 heavy (non-hydrogen) atoms. The number of nitrogens with zero attached hydrogens (tertiary/aromatic N) is 1. The molecule has 3 N–H and O–H groups in total. The van der Waals surface area contributed by atoms with E-state index in [0.29, 0.717) is 46.0 Å². The van der Waals surface area contributed by atoms with Gasteiger partial charge in [0.15, 0.2) is 9.84 Å². The van der Waals surface area contributed by atoms with E-state index in [1.54, 1.807) is 25.1 Å². The van der Waals surface area contributed by atoms with Crippen LogP contribution in [0.3, 0.4) is 0 Å². The van der Waals surface area contributed by atoms with Gasteiger partial charge in [0.1, 0.15) is 17.3 Å². The number of fused-ring (bicyclic) bond motifs is 1. The Morgan fingerprint density at radius 1 is 1.00 bits per heavy atom. The number of aromatic amines is 1. The normalized spacial score (nSPS) is 14.7. The molecule has 4 aromatic rings. The number of esters is 2. The summed E-state index contributed by atoms with van der Waals surface area (Å²) in [4.78, 5) is 44.7. The Bertz CT molecular complexity index is 1990. The number of likely N-dealkylation sites (tertiary alicyclic amines) is 1. The van der Waals surface area contributed by atoms with E-state index in [0.717, 1.165) is 25.4 Å². The van der Waals surface area contributed by atoms with Crippen molar-refractivity contribution in [2.75, 3.05) is 44.9 Å². The number of amides is 1. The van der Waals surface area contributed by atoms with Crippen molar-refractivity contribution in [3.8, 4) is 11.5 Å². The number of aryl methyl sites for hydroxylation is 1. The lowest BCUT2D eigenvalue weighted by atomic mass is 9.91. The Morgan fingerprint density at radius 2 is 1.75 bits per heavy atom. The number of ether oxygens (including phenoxy) is 3. The third-order valence-electron chi connectivity index (χ3n) is 9.12. The summed E-state index contributed by atoms with van der Waals surface area (Å²) in [6, 6.07) is 18.9. The molecule has 1 aliphatic heterocycles. The largest absolute Gasteiger partial charge is 0.497 e. The van der Waals surface area contributed by atoms with Crippen LogP contribution >= 0.6 is 11.6 Å². The highest BCUT2D eigenvalue weighted by atomic mass is 35.5. The van der Waals surface area contributed by atoms with E-state index in [4.69, 9.17) is 25.8 Å². The Kier molecular flexibility index (Phi) is 13.9. The van der Waals surface area contributed by atoms with Gasteiger partial charge in [-0.25, -0.2) is 13.2 Å². The second-order valence-corrected chi connectivity index (χ2v) is 15.9. The first-order chi connectivity index (χ1) is 25.4. The van der Waals surface area contributed by atoms with Crippen LogP contribution in [0.15, 0.2) is 66.7 Å². The number of aliphatic hydroxyl groups excluding tert-OH is 1. The van der Waals surface area contributed by atoms with E-state index in [1.165, 1.54) is 56.2 Å². The number of methoxy groups -OCH3 is 1. The zero-order chi connectivity index (χ0) is 38.0. The van der Waals surface area contributed by atoms with Crippen molar-refractivity contribution in [3.05, 3.63) is 94.1 Å². The fourth-order valence-electron chi connectivity index (χ4n) is 6.58. The minimum Gasteiger partial charge on any atom is -0.497 e. The van der Waals surface area contributed by atoms with E-state index >= 15 is 0 Å². The highest BCUT2D eigenvalue weighted by molar-refractivity contribution is 7.92. The van der Waals surface area contributed by atoms with Gasteiger partial charge in [-0.1, -0.05) is 30.2 Å². The lowest BCUT2D eigenvalue weighted by molar-refractivity contribution is -0.140. The molecule has 2 unspecified atom stereocenters. The predicted molar refractivity (Wildman–Crippen MR) is 202 cm³/mol. The van der Waals surface area contributed by atoms with Crippen LogP contribution in [0.2, 0.25) is 5.02 Å². The number of piperidine rings is 1. The van der Waals surface area contributed by atoms with Crippen LogP contribution in [0.1, 0.15) is 65.2 Å². The number of nitrogens with one attached hydrogen (secondary N) is 2. The Hall–Kier alpha value is -4.43. The zero-order valence-electron chi connectivity index (χ0n) is 29.9. The topological polar surface area (TPSA) is 164 Å². The summed E-state index contributed by atoms with van der Waals surface area (Å²) in [5.41, 5.74) is 2.88. The van der Waals surface area contributed by atoms with Crippen LogP contribution in [0.4, 0.5) is 0 Å². The SMILES string of the molecule is COc1ccc2[nH]c(C)c(C(CC(O)CS(=O)(=O)CC(=O)NCCCOc3cccc(CN4CCCCC4)c3)C(=O)OC(=O)c3ccc(Cl)cc3)c2c1. The highest BCUT2D eigenvalue weighted by Gasteiger charge is 2.33. The van der Waals surface area contributed by atoms with Gasteiger partial charge in [0.25, 0.3) is 0 Å². The first kappa shape index (κ1) is 39.8. The first-order valence-corrected chi connectivity index (χ1v) is 19.9. The van der Waals surface area contributed by atoms with Gasteiger partial charge in [-0.3, -0.25) is 14.5 Å². The van der Waals surface area contributed by atoms with Crippen LogP contribution in [0, 0.1) is 6.92 Å². The van der Waals surface area contributed by atoms with Crippen LogP contribution < -0.4 is 14.8 Å². The third kappa shape index (κ3) is 11.5. The quantitative estimate of drug-likeness (QED) is 0.0726. The lowest BCUT2D eigenvalue weighted by Gasteiger charge is -2.26. The maximum absolute atomic E-state index is 13.6. The lowest BCUT2D eigenvalue weighted by Crippen LogP contribution is -2.35. The predicted octanol–water partition coefficient (Wildman–Crippen LogP) is 5.34. The molecule has 5 rings (SSSR count). The summed E-state index contributed by atoms with van der Waals surface area (Å²) >= 11 is 5.93. The van der Waals surface area contributed by atoms with Crippen molar-refractivity contribution < 1.29 is 42.1 Å². The average Bonchev–Trinajstić information content (AvgIpc) is 3.45. The van der Waals surface area contributed by atoms with Crippen molar-refractivity contribution in [3.63, 3.8) is 0 Å². The maximum Gasteiger partial charge on any atom is 0.345 e. The third-order valence-corrected chi connectivity index (χ3v) is 11.0. The number of carbonyl (C=O) groups excluding carboxylic acids is 3. The van der Waals surface area contributed by atoms with Crippen molar-refractivity contribution in [1.29, 1.82) is 0 Å². The minimum absolute atomic E-state index is 0.0805. The van der Waals surface area contributed by atoms with E-state index < -0.39 is 57.6 Å². The van der Waals surface area contributed by atoms with E-state index in [-0.39, 0.29) is 12.1 Å². The molecule has 3 aromatic carbocycles. The van der Waals surface area contributed by atoms with Crippen LogP contribution in [-0.4, -0.2) is 92.2 Å². The average molecular weight is 768 g/mol. The number of aliphatic hydroxyl groups is 1. The number of carbonyl (C=O) groups is 3. The molecule has 1 saturated heterocycles. The molecule has 0 aliphatic carbocycles. The van der Waals surface area contributed by atoms with Gasteiger partial charge in [0.2, 0.25) is 5.91 Å². The molecule has 0 saturated carbocycles. The monoisotopic (exact) mass is 767 g/mol. The summed E-state index contributed by atoms with van der Waals surface area (Å²) in [7, 11) is -2.62. The van der Waals surface area contributed by atoms with Crippen LogP contribution in [-0.2, 0) is 30.7 Å². The van der Waals surface area contributed by atoms with Crippen LogP contribution in [0.5, 0.6) is 11.5 Å². The maximum atomic E-state index is 13.6. The van der Waals surface area contributed by atoms with E-state index in [9.17, 15) is 27.9 Å². The molecule has 12 nitrogen and oxygen atoms in total. The van der Waals surface area contributed by atoms with Gasteiger partial charge < -0.3 is 29.6 Å². The molecule has 0 radical (unpaired) electrons. The number of aromatic nitrogens is 1. The molecular weight excluding hydrogens is 722 g/mol. The van der Waals surface area contributed by atoms with Gasteiger partial charge in [0.05, 0.1) is 37.1 Å². The smallest absolute Gasteiger partial charge is 0.345 e. The van der Waals surface area contributed by atoms with E-state index in [1.807, 2.05) is 18.2 Å². The first-order valence-electron chi connectivity index (χ1n) is 17.7. The Labute approximate surface area is 314 Å². The van der Waals surface area contributed by atoms with E-state index in [2.05, 4.69) is 21.3 Å². The molecular formula is C39H46ClN3O9S. The summed E-state index contributed by atoms with van der Waals surface area (Å²) in [5, 5.41) is 14.6. The number of hydrogen-bond acceptors (Lipinski definition) is 10. The minimum atomic E-state index is -4.11. The molecule has 1 aliphatic rings. The number of sulfone groups is 1. The van der Waals surface area contributed by atoms with Crippen molar-refractivity contribution in [2.24, 2.45) is 0 Å². The van der Waals surface area contributed by atoms with Crippen molar-refractivity contribution in [1.82, 2.24) is 15.2 Å². The molecule has 0 bridgehead atoms. The fraction of sp³-hybridized carbons (Fsp3) is 0.410. The van der Waals surface area contributed by atoms with Crippen LogP contribution in [0.25, 0.3) is 10.9 Å². The summed E-state index contributed by atoms with van der Waals surface area (Å²) in [6.07, 6.45) is 2.19. The number of H-pyrrole nitrogens is 1. The van der Waals surface area contributed by atoms with Gasteiger partial charge in [0, 0.05) is 34.7 Å². The molecule has 1 amide bonds. The number of benzene rings is 3. The summed E-state index contributed by atoms with van der Waals surface area (Å²) < 4.78 is 42.5. The number of hydrogen-bond donors (Lipinski definition) is 3.